The lowest BCUT2D eigenvalue weighted by molar-refractivity contribution is -0.384. The first-order chi connectivity index (χ1) is 11.4. The maximum Gasteiger partial charge on any atom is 0.313 e. The van der Waals surface area contributed by atoms with Crippen LogP contribution in [-0.4, -0.2) is 26.7 Å². The molecule has 1 aromatic heterocycles. The maximum atomic E-state index is 12.1. The highest BCUT2D eigenvalue weighted by Crippen LogP contribution is 2.19. The molecule has 2 aromatic rings. The fourth-order valence-corrected chi connectivity index (χ4v) is 2.09. The number of hydrogen-bond acceptors (Lipinski definition) is 5. The summed E-state index contributed by atoms with van der Waals surface area (Å²) in [4.78, 5) is 41.2. The topological polar surface area (TPSA) is 130 Å². The van der Waals surface area contributed by atoms with Crippen molar-refractivity contribution in [2.75, 3.05) is 5.32 Å². The lowest BCUT2D eigenvalue weighted by Gasteiger charge is -2.19. The van der Waals surface area contributed by atoms with Crippen molar-refractivity contribution in [2.45, 2.75) is 19.9 Å². The molecule has 0 spiro atoms. The third-order valence-corrected chi connectivity index (χ3v) is 3.29. The van der Waals surface area contributed by atoms with Crippen molar-refractivity contribution in [3.63, 3.8) is 0 Å². The minimum atomic E-state index is -0.910. The zero-order valence-electron chi connectivity index (χ0n) is 13.1. The van der Waals surface area contributed by atoms with Gasteiger partial charge in [0.1, 0.15) is 5.82 Å². The van der Waals surface area contributed by atoms with Crippen LogP contribution in [0, 0.1) is 16.0 Å². The number of amides is 2. The second-order valence-corrected chi connectivity index (χ2v) is 5.43. The molecule has 2 amide bonds. The first-order valence-corrected chi connectivity index (χ1v) is 7.24. The molecular weight excluding hydrogens is 314 g/mol. The number of aromatic amines is 1. The minimum absolute atomic E-state index is 0.00529. The summed E-state index contributed by atoms with van der Waals surface area (Å²) >= 11 is 0. The van der Waals surface area contributed by atoms with Gasteiger partial charge >= 0.3 is 11.8 Å². The van der Waals surface area contributed by atoms with Gasteiger partial charge in [-0.3, -0.25) is 19.7 Å². The fraction of sp³-hybridized carbons (Fsp3) is 0.267. The molecule has 9 nitrogen and oxygen atoms in total. The molecule has 1 aromatic carbocycles. The molecule has 1 heterocycles. The number of imidazole rings is 1. The van der Waals surface area contributed by atoms with E-state index in [1.807, 2.05) is 13.8 Å². The standard InChI is InChI=1S/C15H17N5O4/c1-9(2)12(13-16-6-7-17-13)19-15(22)14(21)18-10-4-3-5-11(8-10)20(23)24/h3-9,12H,1-2H3,(H,16,17)(H,18,21)(H,19,22)/t12-/m1/s1. The van der Waals surface area contributed by atoms with Gasteiger partial charge in [0, 0.05) is 30.2 Å². The highest BCUT2D eigenvalue weighted by Gasteiger charge is 2.24. The Hall–Kier alpha value is -3.23. The number of hydrogen-bond donors (Lipinski definition) is 3. The lowest BCUT2D eigenvalue weighted by Crippen LogP contribution is -2.40. The summed E-state index contributed by atoms with van der Waals surface area (Å²) in [6, 6.07) is 4.90. The highest BCUT2D eigenvalue weighted by molar-refractivity contribution is 6.39. The number of H-pyrrole nitrogens is 1. The van der Waals surface area contributed by atoms with Crippen molar-refractivity contribution in [3.05, 3.63) is 52.6 Å². The van der Waals surface area contributed by atoms with Crippen molar-refractivity contribution in [1.82, 2.24) is 15.3 Å². The molecule has 1 atom stereocenters. The summed E-state index contributed by atoms with van der Waals surface area (Å²) in [5, 5.41) is 15.7. The summed E-state index contributed by atoms with van der Waals surface area (Å²) in [6.45, 7) is 3.76. The van der Waals surface area contributed by atoms with Gasteiger partial charge < -0.3 is 15.6 Å². The molecule has 0 saturated heterocycles. The average Bonchev–Trinajstić information content (AvgIpc) is 3.06. The van der Waals surface area contributed by atoms with E-state index in [0.717, 1.165) is 0 Å². The van der Waals surface area contributed by atoms with Crippen molar-refractivity contribution in [1.29, 1.82) is 0 Å². The number of carbonyl (C=O) groups excluding carboxylic acids is 2. The van der Waals surface area contributed by atoms with E-state index in [4.69, 9.17) is 0 Å². The average molecular weight is 331 g/mol. The van der Waals surface area contributed by atoms with Gasteiger partial charge in [-0.25, -0.2) is 4.98 Å². The summed E-state index contributed by atoms with van der Waals surface area (Å²) in [5.74, 6) is -1.21. The van der Waals surface area contributed by atoms with E-state index in [2.05, 4.69) is 20.6 Å². The van der Waals surface area contributed by atoms with Gasteiger partial charge in [0.15, 0.2) is 0 Å². The number of nitro groups is 1. The minimum Gasteiger partial charge on any atom is -0.347 e. The highest BCUT2D eigenvalue weighted by atomic mass is 16.6. The Morgan fingerprint density at radius 2 is 2.04 bits per heavy atom. The van der Waals surface area contributed by atoms with Crippen LogP contribution in [-0.2, 0) is 9.59 Å². The summed E-state index contributed by atoms with van der Waals surface area (Å²) in [5.41, 5.74) is -0.00713. The number of rotatable bonds is 5. The number of nitrogens with one attached hydrogen (secondary N) is 3. The quantitative estimate of drug-likeness (QED) is 0.437. The molecule has 0 aliphatic heterocycles. The summed E-state index contributed by atoms with van der Waals surface area (Å²) < 4.78 is 0. The van der Waals surface area contributed by atoms with Gasteiger partial charge in [0.05, 0.1) is 11.0 Å². The molecule has 2 rings (SSSR count). The van der Waals surface area contributed by atoms with Crippen LogP contribution in [0.25, 0.3) is 0 Å². The normalized spacial score (nSPS) is 11.8. The van der Waals surface area contributed by atoms with Crippen LogP contribution in [0.1, 0.15) is 25.7 Å². The van der Waals surface area contributed by atoms with Crippen LogP contribution in [0.2, 0.25) is 0 Å². The first kappa shape index (κ1) is 17.1. The Kier molecular flexibility index (Phi) is 5.25. The molecule has 9 heteroatoms. The molecule has 3 N–H and O–H groups in total. The van der Waals surface area contributed by atoms with Crippen LogP contribution < -0.4 is 10.6 Å². The summed E-state index contributed by atoms with van der Waals surface area (Å²) in [7, 11) is 0. The second kappa shape index (κ2) is 7.36. The number of carbonyl (C=O) groups is 2. The van der Waals surface area contributed by atoms with Gasteiger partial charge in [-0.15, -0.1) is 0 Å². The first-order valence-electron chi connectivity index (χ1n) is 7.24. The van der Waals surface area contributed by atoms with Gasteiger partial charge in [-0.2, -0.15) is 0 Å². The second-order valence-electron chi connectivity index (χ2n) is 5.43. The molecule has 126 valence electrons. The molecule has 0 aliphatic rings. The zero-order valence-corrected chi connectivity index (χ0v) is 13.1. The van der Waals surface area contributed by atoms with E-state index >= 15 is 0 Å². The van der Waals surface area contributed by atoms with E-state index < -0.39 is 22.8 Å². The van der Waals surface area contributed by atoms with Crippen LogP contribution in [0.15, 0.2) is 36.7 Å². The van der Waals surface area contributed by atoms with Crippen LogP contribution in [0.4, 0.5) is 11.4 Å². The molecule has 0 saturated carbocycles. The summed E-state index contributed by atoms with van der Waals surface area (Å²) in [6.07, 6.45) is 3.18. The van der Waals surface area contributed by atoms with Gasteiger partial charge in [0.25, 0.3) is 5.69 Å². The van der Waals surface area contributed by atoms with Gasteiger partial charge in [-0.1, -0.05) is 19.9 Å². The fourth-order valence-electron chi connectivity index (χ4n) is 2.09. The van der Waals surface area contributed by atoms with Crippen molar-refractivity contribution < 1.29 is 14.5 Å². The molecule has 24 heavy (non-hydrogen) atoms. The lowest BCUT2D eigenvalue weighted by atomic mass is 10.0. The molecule has 0 unspecified atom stereocenters. The third kappa shape index (κ3) is 4.15. The van der Waals surface area contributed by atoms with Crippen molar-refractivity contribution in [3.8, 4) is 0 Å². The Morgan fingerprint density at radius 1 is 1.29 bits per heavy atom. The van der Waals surface area contributed by atoms with Crippen LogP contribution in [0.3, 0.4) is 0 Å². The number of nitro benzene ring substituents is 1. The van der Waals surface area contributed by atoms with E-state index in [-0.39, 0.29) is 17.3 Å². The maximum absolute atomic E-state index is 12.1. The largest absolute Gasteiger partial charge is 0.347 e. The van der Waals surface area contributed by atoms with Gasteiger partial charge in [-0.05, 0) is 12.0 Å². The third-order valence-electron chi connectivity index (χ3n) is 3.29. The molecule has 0 aliphatic carbocycles. The van der Waals surface area contributed by atoms with Crippen LogP contribution in [0.5, 0.6) is 0 Å². The Balaban J connectivity index is 2.05. The van der Waals surface area contributed by atoms with Crippen LogP contribution >= 0.6 is 0 Å². The van der Waals surface area contributed by atoms with Crippen molar-refractivity contribution >= 4 is 23.2 Å². The number of aromatic nitrogens is 2. The molecule has 0 bridgehead atoms. The predicted octanol–water partition coefficient (Wildman–Crippen LogP) is 1.77. The van der Waals surface area contributed by atoms with Gasteiger partial charge in [0.2, 0.25) is 0 Å². The number of non-ortho nitro benzene ring substituents is 1. The number of anilines is 1. The van der Waals surface area contributed by atoms with Crippen molar-refractivity contribution in [2.24, 2.45) is 5.92 Å². The Bertz CT molecular complexity index is 742. The Labute approximate surface area is 137 Å². The zero-order chi connectivity index (χ0) is 17.7. The van der Waals surface area contributed by atoms with E-state index in [1.165, 1.54) is 24.3 Å². The molecular formula is C15H17N5O4. The predicted molar refractivity (Wildman–Crippen MR) is 86.0 cm³/mol. The Morgan fingerprint density at radius 3 is 2.62 bits per heavy atom. The van der Waals surface area contributed by atoms with E-state index in [1.54, 1.807) is 12.4 Å². The van der Waals surface area contributed by atoms with E-state index in [9.17, 15) is 19.7 Å². The number of benzene rings is 1. The number of nitrogens with zero attached hydrogens (tertiary/aromatic N) is 2. The molecule has 0 fully saturated rings. The van der Waals surface area contributed by atoms with E-state index in [0.29, 0.717) is 5.82 Å². The SMILES string of the molecule is CC(C)[C@@H](NC(=O)C(=O)Nc1cccc([N+](=O)[O-])c1)c1ncc[nH]1. The molecule has 0 radical (unpaired) electrons. The monoisotopic (exact) mass is 331 g/mol. The smallest absolute Gasteiger partial charge is 0.313 e.